The Hall–Kier alpha value is -1.89. The molecule has 0 saturated heterocycles. The van der Waals surface area contributed by atoms with Gasteiger partial charge in [-0.05, 0) is 24.3 Å². The summed E-state index contributed by atoms with van der Waals surface area (Å²) in [5, 5.41) is 0. The quantitative estimate of drug-likeness (QED) is 0.758. The number of aromatic nitrogens is 2. The van der Waals surface area contributed by atoms with Crippen molar-refractivity contribution in [2.75, 3.05) is 0 Å². The van der Waals surface area contributed by atoms with E-state index >= 15 is 0 Å². The monoisotopic (exact) mass is 257 g/mol. The summed E-state index contributed by atoms with van der Waals surface area (Å²) < 4.78 is 43.4. The van der Waals surface area contributed by atoms with Crippen molar-refractivity contribution in [1.82, 2.24) is 3.97 Å². The van der Waals surface area contributed by atoms with E-state index in [1.54, 1.807) is 17.8 Å². The maximum absolute atomic E-state index is 12.6. The summed E-state index contributed by atoms with van der Waals surface area (Å²) in [6, 6.07) is 4.74. The number of nitrogens with zero attached hydrogens (tertiary/aromatic N) is 2. The molecule has 0 bridgehead atoms. The van der Waals surface area contributed by atoms with Crippen LogP contribution in [0, 0.1) is 5.82 Å². The third kappa shape index (κ3) is 2.62. The highest BCUT2D eigenvalue weighted by atomic mass is 32.2. The van der Waals surface area contributed by atoms with E-state index in [-0.39, 0.29) is 5.75 Å². The summed E-state index contributed by atoms with van der Waals surface area (Å²) in [6.07, 6.45) is 4.25. The lowest BCUT2D eigenvalue weighted by atomic mass is 10.3. The highest BCUT2D eigenvalue weighted by molar-refractivity contribution is 7.85. The lowest BCUT2D eigenvalue weighted by Gasteiger charge is -2.02. The second-order valence-electron chi connectivity index (χ2n) is 3.40. The summed E-state index contributed by atoms with van der Waals surface area (Å²) in [5.74, 6) is -0.398. The average Bonchev–Trinajstić information content (AvgIpc) is 2.69. The molecule has 0 aliphatic heterocycles. The van der Waals surface area contributed by atoms with E-state index in [9.17, 15) is 12.8 Å². The van der Waals surface area contributed by atoms with Crippen LogP contribution < -0.4 is 8.75 Å². The van der Waals surface area contributed by atoms with Crippen LogP contribution in [0.5, 0.6) is 5.75 Å². The molecule has 2 rings (SSSR count). The number of aryl methyl sites for hydroxylation is 1. The van der Waals surface area contributed by atoms with Crippen molar-refractivity contribution in [3.05, 3.63) is 48.8 Å². The van der Waals surface area contributed by atoms with Crippen LogP contribution in [0.1, 0.15) is 0 Å². The zero-order valence-corrected chi connectivity index (χ0v) is 9.76. The van der Waals surface area contributed by atoms with Crippen LogP contribution in [0.2, 0.25) is 0 Å². The van der Waals surface area contributed by atoms with Crippen molar-refractivity contribution in [2.24, 2.45) is 7.05 Å². The second-order valence-corrected chi connectivity index (χ2v) is 4.85. The van der Waals surface area contributed by atoms with Gasteiger partial charge < -0.3 is 4.18 Å². The van der Waals surface area contributed by atoms with Crippen LogP contribution >= 0.6 is 0 Å². The smallest absolute Gasteiger partial charge is 0.351 e. The topological polar surface area (TPSA) is 52.2 Å². The first-order chi connectivity index (χ1) is 7.97. The molecule has 5 nitrogen and oxygen atoms in total. The number of halogens is 1. The summed E-state index contributed by atoms with van der Waals surface area (Å²) in [4.78, 5) is 0. The normalized spacial score (nSPS) is 11.4. The van der Waals surface area contributed by atoms with Gasteiger partial charge in [-0.15, -0.1) is 8.42 Å². The molecular formula is C10H10FN2O3S+. The molecule has 0 fully saturated rings. The van der Waals surface area contributed by atoms with Crippen LogP contribution in [-0.4, -0.2) is 12.4 Å². The Kier molecular flexibility index (Phi) is 2.84. The Morgan fingerprint density at radius 2 is 1.94 bits per heavy atom. The fourth-order valence-electron chi connectivity index (χ4n) is 1.21. The number of benzene rings is 1. The van der Waals surface area contributed by atoms with Crippen molar-refractivity contribution >= 4 is 10.3 Å². The molecule has 1 heterocycles. The fraction of sp³-hybridized carbons (Fsp3) is 0.100. The number of hydrogen-bond donors (Lipinski definition) is 0. The van der Waals surface area contributed by atoms with Crippen molar-refractivity contribution in [3.8, 4) is 5.75 Å². The average molecular weight is 257 g/mol. The maximum atomic E-state index is 12.6. The molecule has 1 aromatic carbocycles. The van der Waals surface area contributed by atoms with Gasteiger partial charge in [0.25, 0.3) is 6.33 Å². The van der Waals surface area contributed by atoms with Gasteiger partial charge >= 0.3 is 10.3 Å². The zero-order chi connectivity index (χ0) is 12.5. The molecule has 0 aliphatic carbocycles. The van der Waals surface area contributed by atoms with E-state index in [0.717, 1.165) is 16.1 Å². The molecule has 17 heavy (non-hydrogen) atoms. The van der Waals surface area contributed by atoms with Gasteiger partial charge in [-0.3, -0.25) is 0 Å². The highest BCUT2D eigenvalue weighted by Gasteiger charge is 2.21. The van der Waals surface area contributed by atoms with E-state index in [1.165, 1.54) is 24.7 Å². The van der Waals surface area contributed by atoms with E-state index in [4.69, 9.17) is 4.18 Å². The van der Waals surface area contributed by atoms with Gasteiger partial charge in [0.2, 0.25) is 0 Å². The molecule has 0 spiro atoms. The minimum Gasteiger partial charge on any atom is -0.351 e. The molecular weight excluding hydrogens is 247 g/mol. The number of imidazole rings is 1. The molecule has 0 amide bonds. The standard InChI is InChI=1S/C10H10FN2O3S/c1-12-6-7-13(8-12)17(14,15)16-10-4-2-9(11)3-5-10/h2-8H,1H3/q+1. The highest BCUT2D eigenvalue weighted by Crippen LogP contribution is 2.14. The van der Waals surface area contributed by atoms with E-state index < -0.39 is 16.1 Å². The van der Waals surface area contributed by atoms with Gasteiger partial charge in [-0.2, -0.15) is 0 Å². The van der Waals surface area contributed by atoms with Crippen LogP contribution in [0.4, 0.5) is 4.39 Å². The first-order valence-corrected chi connectivity index (χ1v) is 6.08. The Balaban J connectivity index is 2.26. The van der Waals surface area contributed by atoms with Crippen molar-refractivity contribution in [1.29, 1.82) is 0 Å². The third-order valence-corrected chi connectivity index (χ3v) is 3.15. The molecule has 2 aromatic rings. The SMILES string of the molecule is C[n+]1ccn(S(=O)(=O)Oc2ccc(F)cc2)c1. The molecule has 7 heteroatoms. The molecule has 0 N–H and O–H groups in total. The van der Waals surface area contributed by atoms with E-state index in [2.05, 4.69) is 0 Å². The van der Waals surface area contributed by atoms with Crippen LogP contribution in [0.3, 0.4) is 0 Å². The number of rotatable bonds is 3. The number of hydrogen-bond acceptors (Lipinski definition) is 3. The Labute approximate surface area is 98.0 Å². The lowest BCUT2D eigenvalue weighted by molar-refractivity contribution is -0.670. The van der Waals surface area contributed by atoms with Crippen molar-refractivity contribution < 1.29 is 21.6 Å². The van der Waals surface area contributed by atoms with E-state index in [1.807, 2.05) is 0 Å². The molecule has 0 unspecified atom stereocenters. The Morgan fingerprint density at radius 1 is 1.29 bits per heavy atom. The summed E-state index contributed by atoms with van der Waals surface area (Å²) in [7, 11) is -2.25. The predicted octanol–water partition coefficient (Wildman–Crippen LogP) is 0.624. The molecule has 0 aliphatic rings. The predicted molar refractivity (Wildman–Crippen MR) is 57.0 cm³/mol. The Bertz CT molecular complexity index is 619. The lowest BCUT2D eigenvalue weighted by Crippen LogP contribution is -2.26. The second kappa shape index (κ2) is 4.17. The van der Waals surface area contributed by atoms with Gasteiger partial charge in [0, 0.05) is 0 Å². The fourth-order valence-corrected chi connectivity index (χ4v) is 2.12. The van der Waals surface area contributed by atoms with Crippen molar-refractivity contribution in [3.63, 3.8) is 0 Å². The van der Waals surface area contributed by atoms with Gasteiger partial charge in [0.1, 0.15) is 17.8 Å². The summed E-state index contributed by atoms with van der Waals surface area (Å²) >= 11 is 0. The minimum absolute atomic E-state index is 0.0581. The molecule has 1 aromatic heterocycles. The molecule has 0 atom stereocenters. The Morgan fingerprint density at radius 3 is 2.47 bits per heavy atom. The van der Waals surface area contributed by atoms with Gasteiger partial charge in [-0.25, -0.2) is 8.96 Å². The van der Waals surface area contributed by atoms with Gasteiger partial charge in [0.05, 0.1) is 7.05 Å². The summed E-state index contributed by atoms with van der Waals surface area (Å²) in [6.45, 7) is 0. The van der Waals surface area contributed by atoms with E-state index in [0.29, 0.717) is 0 Å². The first-order valence-electron chi connectivity index (χ1n) is 4.71. The van der Waals surface area contributed by atoms with Crippen LogP contribution in [0.25, 0.3) is 0 Å². The molecule has 0 radical (unpaired) electrons. The van der Waals surface area contributed by atoms with Crippen molar-refractivity contribution in [2.45, 2.75) is 0 Å². The summed E-state index contributed by atoms with van der Waals surface area (Å²) in [5.41, 5.74) is 0. The first kappa shape index (κ1) is 11.6. The maximum Gasteiger partial charge on any atom is 0.491 e. The largest absolute Gasteiger partial charge is 0.491 e. The van der Waals surface area contributed by atoms with Gasteiger partial charge in [0.15, 0.2) is 6.20 Å². The third-order valence-electron chi connectivity index (χ3n) is 2.02. The van der Waals surface area contributed by atoms with Crippen LogP contribution in [-0.2, 0) is 17.4 Å². The van der Waals surface area contributed by atoms with Crippen LogP contribution in [0.15, 0.2) is 43.0 Å². The van der Waals surface area contributed by atoms with Gasteiger partial charge in [-0.1, -0.05) is 3.97 Å². The molecule has 90 valence electrons. The minimum atomic E-state index is -3.93. The zero-order valence-electron chi connectivity index (χ0n) is 8.95. The molecule has 0 saturated carbocycles.